The minimum Gasteiger partial charge on any atom is -0.496 e. The van der Waals surface area contributed by atoms with Crippen LogP contribution in [0.2, 0.25) is 0 Å². The summed E-state index contributed by atoms with van der Waals surface area (Å²) >= 11 is 0. The summed E-state index contributed by atoms with van der Waals surface area (Å²) in [5.74, 6) is -0.770. The van der Waals surface area contributed by atoms with Crippen LogP contribution < -0.4 is 10.1 Å². The molecule has 0 saturated heterocycles. The molecule has 122 valence electrons. The minimum atomic E-state index is -0.664. The van der Waals surface area contributed by atoms with Crippen LogP contribution in [0.5, 0.6) is 5.75 Å². The van der Waals surface area contributed by atoms with E-state index in [1.807, 2.05) is 24.3 Å². The highest BCUT2D eigenvalue weighted by Gasteiger charge is 2.14. The van der Waals surface area contributed by atoms with Crippen molar-refractivity contribution >= 4 is 5.91 Å². The molecule has 0 aliphatic carbocycles. The van der Waals surface area contributed by atoms with Gasteiger partial charge in [0.2, 0.25) is 5.91 Å². The number of halogens is 2. The van der Waals surface area contributed by atoms with Crippen molar-refractivity contribution in [3.63, 3.8) is 0 Å². The predicted octanol–water partition coefficient (Wildman–Crippen LogP) is 3.78. The van der Waals surface area contributed by atoms with Crippen LogP contribution in [0.1, 0.15) is 30.5 Å². The molecule has 1 amide bonds. The first-order valence-corrected chi connectivity index (χ1v) is 7.37. The average molecular weight is 319 g/mol. The summed E-state index contributed by atoms with van der Waals surface area (Å²) in [4.78, 5) is 12.0. The minimum absolute atomic E-state index is 0.202. The maximum Gasteiger partial charge on any atom is 0.220 e. The van der Waals surface area contributed by atoms with Gasteiger partial charge in [-0.2, -0.15) is 0 Å². The molecule has 3 nitrogen and oxygen atoms in total. The van der Waals surface area contributed by atoms with E-state index in [0.29, 0.717) is 6.42 Å². The molecule has 5 heteroatoms. The van der Waals surface area contributed by atoms with Gasteiger partial charge >= 0.3 is 0 Å². The number of rotatable bonds is 6. The normalized spacial score (nSPS) is 11.8. The molecule has 0 bridgehead atoms. The first kappa shape index (κ1) is 16.9. The van der Waals surface area contributed by atoms with Crippen LogP contribution in [0, 0.1) is 11.6 Å². The second-order valence-electron chi connectivity index (χ2n) is 5.27. The highest BCUT2D eigenvalue weighted by atomic mass is 19.1. The lowest BCUT2D eigenvalue weighted by molar-refractivity contribution is -0.121. The Morgan fingerprint density at radius 3 is 2.65 bits per heavy atom. The van der Waals surface area contributed by atoms with Crippen molar-refractivity contribution in [2.45, 2.75) is 25.8 Å². The monoisotopic (exact) mass is 319 g/mol. The fraction of sp³-hybridized carbons (Fsp3) is 0.278. The molecule has 0 aliphatic heterocycles. The number of para-hydroxylation sites is 1. The van der Waals surface area contributed by atoms with Gasteiger partial charge in [0.05, 0.1) is 13.2 Å². The molecule has 0 saturated carbocycles. The van der Waals surface area contributed by atoms with E-state index in [4.69, 9.17) is 4.74 Å². The van der Waals surface area contributed by atoms with Crippen molar-refractivity contribution in [3.8, 4) is 5.75 Å². The Morgan fingerprint density at radius 1 is 1.22 bits per heavy atom. The number of hydrogen-bond donors (Lipinski definition) is 1. The van der Waals surface area contributed by atoms with Crippen molar-refractivity contribution in [3.05, 3.63) is 65.2 Å². The second kappa shape index (κ2) is 7.72. The molecule has 2 aromatic rings. The summed E-state index contributed by atoms with van der Waals surface area (Å²) < 4.78 is 31.8. The third-order valence-electron chi connectivity index (χ3n) is 3.62. The molecular weight excluding hydrogens is 300 g/mol. The van der Waals surface area contributed by atoms with Gasteiger partial charge < -0.3 is 10.1 Å². The van der Waals surface area contributed by atoms with Crippen LogP contribution in [-0.4, -0.2) is 13.0 Å². The van der Waals surface area contributed by atoms with E-state index < -0.39 is 17.7 Å². The SMILES string of the molecule is COc1ccccc1CCC(=O)NC(C)c1ccc(F)cc1F. The van der Waals surface area contributed by atoms with Gasteiger partial charge in [0.1, 0.15) is 17.4 Å². The molecule has 0 radical (unpaired) electrons. The van der Waals surface area contributed by atoms with E-state index in [0.717, 1.165) is 17.4 Å². The van der Waals surface area contributed by atoms with Gasteiger partial charge in [-0.3, -0.25) is 4.79 Å². The first-order valence-electron chi connectivity index (χ1n) is 7.37. The average Bonchev–Trinajstić information content (AvgIpc) is 2.53. The molecular formula is C18H19F2NO2. The molecule has 1 N–H and O–H groups in total. The molecule has 0 spiro atoms. The van der Waals surface area contributed by atoms with Crippen LogP contribution in [-0.2, 0) is 11.2 Å². The predicted molar refractivity (Wildman–Crippen MR) is 84.2 cm³/mol. The molecule has 0 heterocycles. The Kier molecular flexibility index (Phi) is 5.68. The van der Waals surface area contributed by atoms with Crippen LogP contribution in [0.3, 0.4) is 0 Å². The van der Waals surface area contributed by atoms with Crippen LogP contribution >= 0.6 is 0 Å². The van der Waals surface area contributed by atoms with E-state index in [1.54, 1.807) is 14.0 Å². The van der Waals surface area contributed by atoms with Gasteiger partial charge in [-0.15, -0.1) is 0 Å². The fourth-order valence-corrected chi connectivity index (χ4v) is 2.40. The van der Waals surface area contributed by atoms with E-state index in [1.165, 1.54) is 12.1 Å². The molecule has 0 fully saturated rings. The zero-order valence-corrected chi connectivity index (χ0v) is 13.1. The van der Waals surface area contributed by atoms with Gasteiger partial charge in [0.25, 0.3) is 0 Å². The number of hydrogen-bond acceptors (Lipinski definition) is 2. The van der Waals surface area contributed by atoms with Crippen molar-refractivity contribution in [1.82, 2.24) is 5.32 Å². The van der Waals surface area contributed by atoms with Crippen LogP contribution in [0.4, 0.5) is 8.78 Å². The maximum atomic E-state index is 13.7. The molecule has 23 heavy (non-hydrogen) atoms. The van der Waals surface area contributed by atoms with Gasteiger partial charge in [0, 0.05) is 18.1 Å². The molecule has 0 aromatic heterocycles. The summed E-state index contributed by atoms with van der Waals surface area (Å²) in [5, 5.41) is 2.72. The third-order valence-corrected chi connectivity index (χ3v) is 3.62. The molecule has 1 unspecified atom stereocenters. The van der Waals surface area contributed by atoms with Crippen molar-refractivity contribution in [2.75, 3.05) is 7.11 Å². The number of aryl methyl sites for hydroxylation is 1. The maximum absolute atomic E-state index is 13.7. The van der Waals surface area contributed by atoms with Crippen molar-refractivity contribution in [2.24, 2.45) is 0 Å². The fourth-order valence-electron chi connectivity index (χ4n) is 2.40. The van der Waals surface area contributed by atoms with Crippen molar-refractivity contribution in [1.29, 1.82) is 0 Å². The van der Waals surface area contributed by atoms with Gasteiger partial charge in [-0.1, -0.05) is 24.3 Å². The number of methoxy groups -OCH3 is 1. The number of benzene rings is 2. The van der Waals surface area contributed by atoms with Crippen LogP contribution in [0.15, 0.2) is 42.5 Å². The Balaban J connectivity index is 1.94. The summed E-state index contributed by atoms with van der Waals surface area (Å²) in [5.41, 5.74) is 1.20. The van der Waals surface area contributed by atoms with Gasteiger partial charge in [-0.05, 0) is 31.0 Å². The highest BCUT2D eigenvalue weighted by molar-refractivity contribution is 5.76. The molecule has 2 rings (SSSR count). The first-order chi connectivity index (χ1) is 11.0. The Morgan fingerprint density at radius 2 is 1.96 bits per heavy atom. The zero-order chi connectivity index (χ0) is 16.8. The van der Waals surface area contributed by atoms with E-state index in [9.17, 15) is 13.6 Å². The quantitative estimate of drug-likeness (QED) is 0.880. The smallest absolute Gasteiger partial charge is 0.220 e. The van der Waals surface area contributed by atoms with Crippen molar-refractivity contribution < 1.29 is 18.3 Å². The highest BCUT2D eigenvalue weighted by Crippen LogP contribution is 2.20. The van der Waals surface area contributed by atoms with Crippen LogP contribution in [0.25, 0.3) is 0 Å². The van der Waals surface area contributed by atoms with E-state index >= 15 is 0 Å². The second-order valence-corrected chi connectivity index (χ2v) is 5.27. The lowest BCUT2D eigenvalue weighted by Crippen LogP contribution is -2.27. The largest absolute Gasteiger partial charge is 0.496 e. The number of ether oxygens (including phenoxy) is 1. The molecule has 0 aliphatic rings. The summed E-state index contributed by atoms with van der Waals surface area (Å²) in [6.07, 6.45) is 0.780. The Bertz CT molecular complexity index is 688. The number of nitrogens with one attached hydrogen (secondary N) is 1. The third kappa shape index (κ3) is 4.52. The zero-order valence-electron chi connectivity index (χ0n) is 13.1. The molecule has 2 aromatic carbocycles. The summed E-state index contributed by atoms with van der Waals surface area (Å²) in [6, 6.07) is 10.3. The number of amides is 1. The number of carbonyl (C=O) groups excluding carboxylic acids is 1. The standard InChI is InChI=1S/C18H19F2NO2/c1-12(15-9-8-14(19)11-16(15)20)21-18(22)10-7-13-5-3-4-6-17(13)23-2/h3-6,8-9,11-12H,7,10H2,1-2H3,(H,21,22). The van der Waals surface area contributed by atoms with Gasteiger partial charge in [-0.25, -0.2) is 8.78 Å². The van der Waals surface area contributed by atoms with E-state index in [-0.39, 0.29) is 17.9 Å². The summed E-state index contributed by atoms with van der Waals surface area (Å²) in [6.45, 7) is 1.66. The summed E-state index contributed by atoms with van der Waals surface area (Å²) in [7, 11) is 1.58. The lowest BCUT2D eigenvalue weighted by Gasteiger charge is -2.15. The Labute approximate surface area is 134 Å². The molecule has 1 atom stereocenters. The Hall–Kier alpha value is -2.43. The van der Waals surface area contributed by atoms with Gasteiger partial charge in [0.15, 0.2) is 0 Å². The topological polar surface area (TPSA) is 38.3 Å². The number of carbonyl (C=O) groups is 1. The lowest BCUT2D eigenvalue weighted by atomic mass is 10.1. The van der Waals surface area contributed by atoms with E-state index in [2.05, 4.69) is 5.32 Å².